The molecule has 2 heterocycles. The van der Waals surface area contributed by atoms with Crippen LogP contribution in [-0.2, 0) is 16.0 Å². The van der Waals surface area contributed by atoms with E-state index in [9.17, 15) is 9.59 Å². The fraction of sp³-hybridized carbons (Fsp3) is 0.318. The summed E-state index contributed by atoms with van der Waals surface area (Å²) in [4.78, 5) is 25.0. The van der Waals surface area contributed by atoms with E-state index in [1.807, 2.05) is 43.5 Å². The number of benzene rings is 1. The van der Waals surface area contributed by atoms with Crippen LogP contribution in [0.2, 0.25) is 5.02 Å². The molecule has 6 N–H and O–H groups in total. The van der Waals surface area contributed by atoms with E-state index in [2.05, 4.69) is 20.5 Å². The maximum atomic E-state index is 10.4. The number of hydrogen-bond acceptors (Lipinski definition) is 5. The molecule has 2 atom stereocenters. The van der Waals surface area contributed by atoms with Crippen LogP contribution in [0.25, 0.3) is 0 Å². The van der Waals surface area contributed by atoms with Gasteiger partial charge in [0, 0.05) is 23.2 Å². The second kappa shape index (κ2) is 10.2. The molecule has 0 spiro atoms. The van der Waals surface area contributed by atoms with Crippen molar-refractivity contribution >= 4 is 35.1 Å². The second-order valence-electron chi connectivity index (χ2n) is 7.64. The van der Waals surface area contributed by atoms with Crippen LogP contribution in [0.3, 0.4) is 0 Å². The van der Waals surface area contributed by atoms with Crippen molar-refractivity contribution in [1.82, 2.24) is 10.3 Å². The Kier molecular flexibility index (Phi) is 7.42. The molecule has 1 amide bonds. The average Bonchev–Trinajstić information content (AvgIpc) is 3.19. The molecule has 2 aromatic rings. The number of nitrogens with one attached hydrogen (secondary N) is 1. The lowest BCUT2D eigenvalue weighted by molar-refractivity contribution is -0.140. The van der Waals surface area contributed by atoms with Crippen LogP contribution in [0.1, 0.15) is 47.6 Å². The molecule has 1 aromatic heterocycles. The average molecular weight is 457 g/mol. The largest absolute Gasteiger partial charge is 0.480 e. The molecule has 0 bridgehead atoms. The summed E-state index contributed by atoms with van der Waals surface area (Å²) >= 11 is 6.36. The van der Waals surface area contributed by atoms with Gasteiger partial charge in [0.05, 0.1) is 11.4 Å². The minimum Gasteiger partial charge on any atom is -0.480 e. The van der Waals surface area contributed by atoms with Crippen molar-refractivity contribution in [1.29, 1.82) is 0 Å². The zero-order valence-corrected chi connectivity index (χ0v) is 18.3. The molecule has 1 aromatic carbocycles. The highest BCUT2D eigenvalue weighted by Gasteiger charge is 2.28. The molecule has 10 heteroatoms. The third-order valence-corrected chi connectivity index (χ3v) is 5.67. The zero-order chi connectivity index (χ0) is 23.3. The topological polar surface area (TPSA) is 156 Å². The molecule has 4 rings (SSSR count). The van der Waals surface area contributed by atoms with Crippen LogP contribution < -0.4 is 16.8 Å². The molecular weight excluding hydrogens is 432 g/mol. The molecule has 0 saturated carbocycles. The van der Waals surface area contributed by atoms with E-state index < -0.39 is 12.0 Å². The number of aryl methyl sites for hydroxylation is 1. The van der Waals surface area contributed by atoms with Crippen LogP contribution in [-0.4, -0.2) is 39.7 Å². The highest BCUT2D eigenvalue weighted by atomic mass is 35.5. The van der Waals surface area contributed by atoms with Crippen LogP contribution in [0.4, 0.5) is 0 Å². The lowest BCUT2D eigenvalue weighted by Gasteiger charge is -2.26. The van der Waals surface area contributed by atoms with E-state index in [1.54, 1.807) is 0 Å². The lowest BCUT2D eigenvalue weighted by Crippen LogP contribution is -2.32. The third kappa shape index (κ3) is 5.61. The molecule has 1 saturated heterocycles. The minimum absolute atomic E-state index is 0.0551. The van der Waals surface area contributed by atoms with Gasteiger partial charge in [-0.1, -0.05) is 29.8 Å². The van der Waals surface area contributed by atoms with Gasteiger partial charge in [-0.05, 0) is 55.4 Å². The Balaban J connectivity index is 0.000000269. The number of hydrogen-bond donors (Lipinski definition) is 4. The fourth-order valence-corrected chi connectivity index (χ4v) is 4.13. The van der Waals surface area contributed by atoms with Gasteiger partial charge >= 0.3 is 5.97 Å². The van der Waals surface area contributed by atoms with E-state index in [0.717, 1.165) is 46.0 Å². The number of aromatic nitrogens is 1. The van der Waals surface area contributed by atoms with Gasteiger partial charge in [0.2, 0.25) is 11.9 Å². The Labute approximate surface area is 190 Å². The molecule has 0 radical (unpaired) electrons. The van der Waals surface area contributed by atoms with Crippen LogP contribution in [0.15, 0.2) is 46.7 Å². The van der Waals surface area contributed by atoms with E-state index >= 15 is 0 Å². The van der Waals surface area contributed by atoms with Crippen molar-refractivity contribution in [3.05, 3.63) is 63.9 Å². The summed E-state index contributed by atoms with van der Waals surface area (Å²) in [7, 11) is 0. The first kappa shape index (κ1) is 23.2. The Hall–Kier alpha value is -3.46. The number of carboxylic acids is 1. The number of fused-ring (bicyclic) bond motifs is 1. The first-order valence-corrected chi connectivity index (χ1v) is 10.5. The number of halogens is 1. The number of rotatable bonds is 3. The second-order valence-corrected chi connectivity index (χ2v) is 8.05. The predicted octanol–water partition coefficient (Wildman–Crippen LogP) is 2.10. The molecule has 1 aliphatic carbocycles. The number of carbonyl (C=O) groups is 2. The van der Waals surface area contributed by atoms with Gasteiger partial charge in [-0.25, -0.2) is 4.79 Å². The van der Waals surface area contributed by atoms with Crippen LogP contribution in [0, 0.1) is 6.92 Å². The molecule has 32 heavy (non-hydrogen) atoms. The van der Waals surface area contributed by atoms with Gasteiger partial charge < -0.3 is 21.9 Å². The van der Waals surface area contributed by atoms with Crippen LogP contribution in [0.5, 0.6) is 0 Å². The number of nitrogens with zero attached hydrogens (tertiary/aromatic N) is 3. The van der Waals surface area contributed by atoms with E-state index in [1.165, 1.54) is 0 Å². The van der Waals surface area contributed by atoms with Gasteiger partial charge in [0.15, 0.2) is 0 Å². The third-order valence-electron chi connectivity index (χ3n) is 5.33. The van der Waals surface area contributed by atoms with Crippen molar-refractivity contribution < 1.29 is 14.7 Å². The molecule has 1 unspecified atom stereocenters. The van der Waals surface area contributed by atoms with Crippen molar-refractivity contribution in [2.75, 3.05) is 0 Å². The number of amides is 1. The van der Waals surface area contributed by atoms with Gasteiger partial charge in [-0.2, -0.15) is 5.10 Å². The molecule has 168 valence electrons. The van der Waals surface area contributed by atoms with Crippen molar-refractivity contribution in [3.63, 3.8) is 0 Å². The molecule has 1 fully saturated rings. The summed E-state index contributed by atoms with van der Waals surface area (Å²) in [6.45, 7) is 2.04. The SMILES string of the molecule is Cc1ccnc2c1C(=NN=C(N)N)CC(c1ccccc1Cl)C2.O=C1CC[C@@H](C(=O)O)N1. The van der Waals surface area contributed by atoms with Crippen LogP contribution >= 0.6 is 11.6 Å². The van der Waals surface area contributed by atoms with Gasteiger partial charge in [0.25, 0.3) is 0 Å². The maximum absolute atomic E-state index is 10.4. The highest BCUT2D eigenvalue weighted by molar-refractivity contribution is 6.31. The summed E-state index contributed by atoms with van der Waals surface area (Å²) in [5.41, 5.74) is 16.0. The summed E-state index contributed by atoms with van der Waals surface area (Å²) in [6, 6.07) is 9.21. The first-order chi connectivity index (χ1) is 15.3. The molecule has 2 aliphatic rings. The van der Waals surface area contributed by atoms with Crippen molar-refractivity contribution in [3.8, 4) is 0 Å². The Morgan fingerprint density at radius 3 is 2.59 bits per heavy atom. The predicted molar refractivity (Wildman–Crippen MR) is 123 cm³/mol. The van der Waals surface area contributed by atoms with Crippen molar-refractivity contribution in [2.24, 2.45) is 21.7 Å². The standard InChI is InChI=1S/C17H18ClN5.C5H7NO3/c1-10-6-7-21-14-8-11(12-4-2-3-5-13(12)18)9-15(16(10)14)22-23-17(19)20;7-4-2-1-3(6-4)5(8)9/h2-7,11H,8-9H2,1H3,(H4,19,20,23);3H,1-2H2,(H,6,7)(H,8,9)/t;3-/m.0/s1. The van der Waals surface area contributed by atoms with Crippen molar-refractivity contribution in [2.45, 2.75) is 44.6 Å². The Bertz CT molecular complexity index is 1080. The number of carboxylic acid groups (broad SMARTS) is 1. The van der Waals surface area contributed by atoms with E-state index in [-0.39, 0.29) is 17.8 Å². The minimum atomic E-state index is -0.944. The van der Waals surface area contributed by atoms with Gasteiger partial charge in [-0.15, -0.1) is 5.10 Å². The normalized spacial score (nSPS) is 20.6. The molecule has 9 nitrogen and oxygen atoms in total. The number of carbonyl (C=O) groups excluding carboxylic acids is 1. The highest BCUT2D eigenvalue weighted by Crippen LogP contribution is 2.36. The smallest absolute Gasteiger partial charge is 0.326 e. The maximum Gasteiger partial charge on any atom is 0.326 e. The molecular formula is C22H25ClN6O3. The fourth-order valence-electron chi connectivity index (χ4n) is 3.84. The summed E-state index contributed by atoms with van der Waals surface area (Å²) in [5.74, 6) is -0.956. The number of guanidine groups is 1. The Morgan fingerprint density at radius 2 is 2.00 bits per heavy atom. The summed E-state index contributed by atoms with van der Waals surface area (Å²) in [6.07, 6.45) is 4.13. The molecule has 1 aliphatic heterocycles. The van der Waals surface area contributed by atoms with E-state index in [4.69, 9.17) is 28.2 Å². The lowest BCUT2D eigenvalue weighted by atomic mass is 9.80. The summed E-state index contributed by atoms with van der Waals surface area (Å²) in [5, 5.41) is 19.5. The number of aliphatic carboxylic acids is 1. The zero-order valence-electron chi connectivity index (χ0n) is 17.6. The quantitative estimate of drug-likeness (QED) is 0.314. The number of pyridine rings is 1. The first-order valence-electron chi connectivity index (χ1n) is 10.1. The summed E-state index contributed by atoms with van der Waals surface area (Å²) < 4.78 is 0. The van der Waals surface area contributed by atoms with Gasteiger partial charge in [0.1, 0.15) is 6.04 Å². The van der Waals surface area contributed by atoms with E-state index in [0.29, 0.717) is 12.8 Å². The Morgan fingerprint density at radius 1 is 1.25 bits per heavy atom. The monoisotopic (exact) mass is 456 g/mol. The number of nitrogens with two attached hydrogens (primary N) is 2. The van der Waals surface area contributed by atoms with Gasteiger partial charge in [-0.3, -0.25) is 9.78 Å².